The molecular formula is C20H20F3N5O3. The Morgan fingerprint density at radius 2 is 1.87 bits per heavy atom. The molecule has 0 saturated carbocycles. The fraction of sp³-hybridized carbons (Fsp3) is 0.400. The van der Waals surface area contributed by atoms with E-state index in [9.17, 15) is 22.8 Å². The highest BCUT2D eigenvalue weighted by Gasteiger charge is 2.33. The van der Waals surface area contributed by atoms with Gasteiger partial charge in [-0.3, -0.25) is 9.69 Å². The highest BCUT2D eigenvalue weighted by molar-refractivity contribution is 5.96. The largest absolute Gasteiger partial charge is 0.458 e. The number of rotatable bonds is 5. The number of hydrogen-bond donors (Lipinski definition) is 0. The number of likely N-dealkylation sites (tertiary alicyclic amines) is 1. The van der Waals surface area contributed by atoms with Crippen molar-refractivity contribution in [1.29, 1.82) is 0 Å². The Morgan fingerprint density at radius 3 is 2.61 bits per heavy atom. The van der Waals surface area contributed by atoms with Crippen molar-refractivity contribution < 1.29 is 27.5 Å². The first-order chi connectivity index (χ1) is 14.9. The average molecular weight is 435 g/mol. The van der Waals surface area contributed by atoms with Crippen LogP contribution in [-0.2, 0) is 4.79 Å². The number of nitrogens with zero attached hydrogens (tertiary/aromatic N) is 5. The van der Waals surface area contributed by atoms with Gasteiger partial charge in [-0.15, -0.1) is 0 Å². The number of hydrogen-bond acceptors (Lipinski definition) is 5. The zero-order chi connectivity index (χ0) is 22.0. The molecule has 2 saturated heterocycles. The number of ether oxygens (including phenoxy) is 1. The summed E-state index contributed by atoms with van der Waals surface area (Å²) >= 11 is 0. The maximum absolute atomic E-state index is 13.5. The first-order valence-corrected chi connectivity index (χ1v) is 9.84. The summed E-state index contributed by atoms with van der Waals surface area (Å²) in [6.07, 6.45) is 3.07. The lowest BCUT2D eigenvalue weighted by molar-refractivity contribution is -0.134. The molecule has 2 fully saturated rings. The van der Waals surface area contributed by atoms with E-state index in [0.29, 0.717) is 32.5 Å². The number of benzene rings is 1. The Kier molecular flexibility index (Phi) is 5.92. The molecule has 3 amide bonds. The number of anilines is 1. The Bertz CT molecular complexity index is 975. The molecular weight excluding hydrogens is 415 g/mol. The number of carbonyl (C=O) groups excluding carboxylic acids is 2. The molecule has 8 nitrogen and oxygen atoms in total. The second-order valence-electron chi connectivity index (χ2n) is 7.36. The normalized spacial score (nSPS) is 19.1. The molecule has 2 aliphatic heterocycles. The summed E-state index contributed by atoms with van der Waals surface area (Å²) in [6, 6.07) is 2.85. The van der Waals surface area contributed by atoms with Gasteiger partial charge < -0.3 is 14.5 Å². The molecule has 0 unspecified atom stereocenters. The molecule has 164 valence electrons. The molecule has 0 radical (unpaired) electrons. The van der Waals surface area contributed by atoms with Gasteiger partial charge in [0.1, 0.15) is 12.6 Å². The molecule has 0 spiro atoms. The maximum atomic E-state index is 13.5. The van der Waals surface area contributed by atoms with Gasteiger partial charge in [0.2, 0.25) is 5.91 Å². The number of aromatic nitrogens is 2. The van der Waals surface area contributed by atoms with E-state index in [1.54, 1.807) is 4.90 Å². The summed E-state index contributed by atoms with van der Waals surface area (Å²) < 4.78 is 45.2. The minimum atomic E-state index is -1.04. The first kappa shape index (κ1) is 20.9. The molecule has 0 bridgehead atoms. The zero-order valence-corrected chi connectivity index (χ0v) is 16.5. The lowest BCUT2D eigenvalue weighted by atomic mass is 10.1. The van der Waals surface area contributed by atoms with Crippen LogP contribution >= 0.6 is 0 Å². The lowest BCUT2D eigenvalue weighted by Crippen LogP contribution is -2.48. The van der Waals surface area contributed by atoms with Gasteiger partial charge in [0.15, 0.2) is 17.5 Å². The Morgan fingerprint density at radius 1 is 1.10 bits per heavy atom. The number of carbonyl (C=O) groups is 2. The molecule has 0 N–H and O–H groups in total. The van der Waals surface area contributed by atoms with E-state index in [1.165, 1.54) is 15.9 Å². The molecule has 1 aromatic heterocycles. The predicted octanol–water partition coefficient (Wildman–Crippen LogP) is 2.21. The minimum Gasteiger partial charge on any atom is -0.458 e. The smallest absolute Gasteiger partial charge is 0.325 e. The van der Waals surface area contributed by atoms with Crippen LogP contribution < -0.4 is 9.64 Å². The quantitative estimate of drug-likeness (QED) is 0.720. The maximum Gasteiger partial charge on any atom is 0.325 e. The van der Waals surface area contributed by atoms with Crippen LogP contribution in [0, 0.1) is 17.5 Å². The van der Waals surface area contributed by atoms with Crippen molar-refractivity contribution in [2.75, 3.05) is 37.6 Å². The molecule has 1 aromatic carbocycles. The summed E-state index contributed by atoms with van der Waals surface area (Å²) in [5, 5.41) is 0. The van der Waals surface area contributed by atoms with Gasteiger partial charge in [0.25, 0.3) is 0 Å². The fourth-order valence-corrected chi connectivity index (χ4v) is 3.66. The fourth-order valence-electron chi connectivity index (χ4n) is 3.66. The van der Waals surface area contributed by atoms with Gasteiger partial charge in [-0.05, 0) is 25.0 Å². The molecule has 1 atom stereocenters. The van der Waals surface area contributed by atoms with Gasteiger partial charge in [0, 0.05) is 31.4 Å². The van der Waals surface area contributed by atoms with Crippen LogP contribution in [0.3, 0.4) is 0 Å². The summed E-state index contributed by atoms with van der Waals surface area (Å²) in [5.74, 6) is -2.84. The van der Waals surface area contributed by atoms with Crippen molar-refractivity contribution >= 4 is 17.6 Å². The Labute approximate surface area is 176 Å². The van der Waals surface area contributed by atoms with E-state index in [0.717, 1.165) is 24.5 Å². The van der Waals surface area contributed by atoms with E-state index >= 15 is 0 Å². The highest BCUT2D eigenvalue weighted by atomic mass is 19.2. The van der Waals surface area contributed by atoms with Gasteiger partial charge in [-0.1, -0.05) is 0 Å². The topological polar surface area (TPSA) is 78.9 Å². The van der Waals surface area contributed by atoms with Crippen molar-refractivity contribution in [2.24, 2.45) is 0 Å². The average Bonchev–Trinajstić information content (AvgIpc) is 3.12. The molecule has 31 heavy (non-hydrogen) atoms. The second kappa shape index (κ2) is 8.78. The molecule has 2 aliphatic rings. The lowest BCUT2D eigenvalue weighted by Gasteiger charge is -2.33. The zero-order valence-electron chi connectivity index (χ0n) is 16.5. The second-order valence-corrected chi connectivity index (χ2v) is 7.36. The van der Waals surface area contributed by atoms with Gasteiger partial charge in [-0.2, -0.15) is 0 Å². The first-order valence-electron chi connectivity index (χ1n) is 9.84. The monoisotopic (exact) mass is 435 g/mol. The SMILES string of the molecule is O=C(CN1CCN(c2ccc(F)c(F)c2)C1=O)N1CCC[C@H](Oc2ncc(F)cn2)C1. The standard InChI is InChI=1S/C20H20F3N5O3/c21-13-9-24-19(25-10-13)31-15-2-1-5-26(11-15)18(29)12-27-6-7-28(20(27)30)14-3-4-16(22)17(23)8-14/h3-4,8-10,15H,1-2,5-7,11-12H2/t15-/m0/s1. The van der Waals surface area contributed by atoms with Crippen LogP contribution in [0.2, 0.25) is 0 Å². The summed E-state index contributed by atoms with van der Waals surface area (Å²) in [6.45, 7) is 1.26. The Balaban J connectivity index is 1.33. The van der Waals surface area contributed by atoms with Crippen LogP contribution in [0.5, 0.6) is 6.01 Å². The summed E-state index contributed by atoms with van der Waals surface area (Å²) in [5.41, 5.74) is 0.240. The van der Waals surface area contributed by atoms with Crippen molar-refractivity contribution in [3.05, 3.63) is 48.0 Å². The van der Waals surface area contributed by atoms with Crippen LogP contribution in [0.25, 0.3) is 0 Å². The van der Waals surface area contributed by atoms with Gasteiger partial charge in [0.05, 0.1) is 18.9 Å². The van der Waals surface area contributed by atoms with Crippen LogP contribution in [0.4, 0.5) is 23.7 Å². The van der Waals surface area contributed by atoms with Crippen molar-refractivity contribution in [3.63, 3.8) is 0 Å². The van der Waals surface area contributed by atoms with Gasteiger partial charge >= 0.3 is 12.0 Å². The molecule has 2 aromatic rings. The summed E-state index contributed by atoms with van der Waals surface area (Å²) in [4.78, 5) is 37.2. The van der Waals surface area contributed by atoms with E-state index in [-0.39, 0.29) is 36.8 Å². The van der Waals surface area contributed by atoms with Crippen LogP contribution in [0.15, 0.2) is 30.6 Å². The number of piperidine rings is 1. The van der Waals surface area contributed by atoms with Crippen molar-refractivity contribution in [1.82, 2.24) is 19.8 Å². The molecule has 11 heteroatoms. The highest BCUT2D eigenvalue weighted by Crippen LogP contribution is 2.23. The summed E-state index contributed by atoms with van der Waals surface area (Å²) in [7, 11) is 0. The van der Waals surface area contributed by atoms with Gasteiger partial charge in [-0.25, -0.2) is 27.9 Å². The molecule has 4 rings (SSSR count). The predicted molar refractivity (Wildman–Crippen MR) is 103 cm³/mol. The minimum absolute atomic E-state index is 0.0394. The number of amides is 3. The van der Waals surface area contributed by atoms with Crippen LogP contribution in [0.1, 0.15) is 12.8 Å². The van der Waals surface area contributed by atoms with E-state index in [2.05, 4.69) is 9.97 Å². The number of urea groups is 1. The van der Waals surface area contributed by atoms with E-state index in [4.69, 9.17) is 4.74 Å². The molecule has 0 aliphatic carbocycles. The van der Waals surface area contributed by atoms with Crippen molar-refractivity contribution in [3.8, 4) is 6.01 Å². The number of halogens is 3. The van der Waals surface area contributed by atoms with Crippen molar-refractivity contribution in [2.45, 2.75) is 18.9 Å². The van der Waals surface area contributed by atoms with E-state index in [1.807, 2.05) is 0 Å². The van der Waals surface area contributed by atoms with E-state index < -0.39 is 23.5 Å². The van der Waals surface area contributed by atoms with Crippen LogP contribution in [-0.4, -0.2) is 70.5 Å². The Hall–Kier alpha value is -3.37. The third kappa shape index (κ3) is 4.70. The third-order valence-corrected chi connectivity index (χ3v) is 5.24. The molecule has 3 heterocycles. The third-order valence-electron chi connectivity index (χ3n) is 5.24.